The number of fused-ring (bicyclic) bond motifs is 1. The number of aromatic nitrogens is 1. The average molecular weight is 268 g/mol. The topological polar surface area (TPSA) is 48.1 Å². The van der Waals surface area contributed by atoms with Gasteiger partial charge in [-0.25, -0.2) is 0 Å². The second-order valence-corrected chi connectivity index (χ2v) is 5.48. The molecule has 0 radical (unpaired) electrons. The molecule has 0 aliphatic carbocycles. The van der Waals surface area contributed by atoms with E-state index in [1.54, 1.807) is 0 Å². The van der Waals surface area contributed by atoms with Gasteiger partial charge in [0.15, 0.2) is 0 Å². The predicted octanol–water partition coefficient (Wildman–Crippen LogP) is 3.07. The molecule has 2 aromatic rings. The molecule has 2 heterocycles. The van der Waals surface area contributed by atoms with E-state index in [1.807, 2.05) is 13.1 Å². The first-order valence-electron chi connectivity index (χ1n) is 7.10. The van der Waals surface area contributed by atoms with Gasteiger partial charge in [-0.2, -0.15) is 0 Å². The molecule has 0 bridgehead atoms. The Hall–Kier alpha value is -1.87. The molecule has 0 fully saturated rings. The maximum absolute atomic E-state index is 6.45. The molecular weight excluding hydrogens is 248 g/mol. The average Bonchev–Trinajstić information content (AvgIpc) is 2.46. The van der Waals surface area contributed by atoms with Crippen molar-refractivity contribution in [2.24, 2.45) is 5.73 Å². The molecule has 3 nitrogen and oxygen atoms in total. The monoisotopic (exact) mass is 268 g/mol. The quantitative estimate of drug-likeness (QED) is 0.910. The summed E-state index contributed by atoms with van der Waals surface area (Å²) in [6, 6.07) is 8.13. The fourth-order valence-corrected chi connectivity index (χ4v) is 2.86. The number of pyridine rings is 1. The lowest BCUT2D eigenvalue weighted by molar-refractivity contribution is 0.284. The van der Waals surface area contributed by atoms with Crippen LogP contribution in [0.25, 0.3) is 0 Å². The summed E-state index contributed by atoms with van der Waals surface area (Å²) in [5.41, 5.74) is 12.0. The van der Waals surface area contributed by atoms with Crippen LogP contribution in [0, 0.1) is 13.8 Å². The van der Waals surface area contributed by atoms with Crippen LogP contribution in [-0.4, -0.2) is 11.6 Å². The molecule has 1 atom stereocenters. The molecule has 2 N–H and O–H groups in total. The van der Waals surface area contributed by atoms with Gasteiger partial charge in [0.25, 0.3) is 0 Å². The lowest BCUT2D eigenvalue weighted by Crippen LogP contribution is -2.19. The van der Waals surface area contributed by atoms with Crippen LogP contribution in [0.4, 0.5) is 0 Å². The van der Waals surface area contributed by atoms with Crippen molar-refractivity contribution in [3.8, 4) is 5.75 Å². The highest BCUT2D eigenvalue weighted by molar-refractivity contribution is 5.47. The van der Waals surface area contributed by atoms with Crippen LogP contribution in [0.3, 0.4) is 0 Å². The Kier molecular flexibility index (Phi) is 3.45. The maximum atomic E-state index is 6.45. The first kappa shape index (κ1) is 13.1. The van der Waals surface area contributed by atoms with E-state index < -0.39 is 0 Å². The van der Waals surface area contributed by atoms with Gasteiger partial charge in [-0.05, 0) is 43.4 Å². The fraction of sp³-hybridized carbons (Fsp3) is 0.353. The minimum Gasteiger partial charge on any atom is -0.493 e. The van der Waals surface area contributed by atoms with Gasteiger partial charge in [0, 0.05) is 11.8 Å². The van der Waals surface area contributed by atoms with Gasteiger partial charge >= 0.3 is 0 Å². The highest BCUT2D eigenvalue weighted by atomic mass is 16.5. The molecule has 20 heavy (non-hydrogen) atoms. The van der Waals surface area contributed by atoms with E-state index in [0.29, 0.717) is 0 Å². The third-order valence-corrected chi connectivity index (χ3v) is 3.85. The molecule has 3 rings (SSSR count). The second kappa shape index (κ2) is 5.25. The molecule has 1 aliphatic heterocycles. The van der Waals surface area contributed by atoms with Gasteiger partial charge in [-0.3, -0.25) is 4.98 Å². The molecule has 1 unspecified atom stereocenters. The standard InChI is InChI=1S/C17H20N2O/c1-11-9-12(2)16(19-10-11)15(18)14-7-3-5-13-6-4-8-20-17(13)14/h3,5,7,9-10,15H,4,6,8,18H2,1-2H3. The smallest absolute Gasteiger partial charge is 0.127 e. The number of benzene rings is 1. The van der Waals surface area contributed by atoms with Crippen molar-refractivity contribution in [3.05, 3.63) is 58.4 Å². The van der Waals surface area contributed by atoms with Gasteiger partial charge in [0.05, 0.1) is 18.3 Å². The molecule has 3 heteroatoms. The van der Waals surface area contributed by atoms with Crippen molar-refractivity contribution in [2.75, 3.05) is 6.61 Å². The molecule has 0 saturated heterocycles. The first-order valence-corrected chi connectivity index (χ1v) is 7.10. The minimum atomic E-state index is -0.233. The molecule has 104 valence electrons. The Balaban J connectivity index is 2.04. The summed E-state index contributed by atoms with van der Waals surface area (Å²) in [5.74, 6) is 0.966. The summed E-state index contributed by atoms with van der Waals surface area (Å²) in [6.45, 7) is 4.88. The Morgan fingerprint density at radius 3 is 2.95 bits per heavy atom. The van der Waals surface area contributed by atoms with Crippen molar-refractivity contribution >= 4 is 0 Å². The summed E-state index contributed by atoms with van der Waals surface area (Å²) >= 11 is 0. The van der Waals surface area contributed by atoms with E-state index in [4.69, 9.17) is 10.5 Å². The van der Waals surface area contributed by atoms with E-state index in [0.717, 1.165) is 47.6 Å². The Morgan fingerprint density at radius 2 is 2.15 bits per heavy atom. The second-order valence-electron chi connectivity index (χ2n) is 5.48. The van der Waals surface area contributed by atoms with E-state index in [2.05, 4.69) is 36.2 Å². The Labute approximate surface area is 119 Å². The summed E-state index contributed by atoms with van der Waals surface area (Å²) in [6.07, 6.45) is 4.02. The lowest BCUT2D eigenvalue weighted by atomic mass is 9.95. The van der Waals surface area contributed by atoms with Crippen molar-refractivity contribution < 1.29 is 4.74 Å². The number of ether oxygens (including phenoxy) is 1. The van der Waals surface area contributed by atoms with Gasteiger partial charge in [-0.15, -0.1) is 0 Å². The molecule has 1 aromatic carbocycles. The third kappa shape index (κ3) is 2.29. The zero-order chi connectivity index (χ0) is 14.1. The SMILES string of the molecule is Cc1cnc(C(N)c2cccc3c2OCCC3)c(C)c1. The number of rotatable bonds is 2. The third-order valence-electron chi connectivity index (χ3n) is 3.85. The summed E-state index contributed by atoms with van der Waals surface area (Å²) in [7, 11) is 0. The number of hydrogen-bond donors (Lipinski definition) is 1. The number of nitrogens with zero attached hydrogens (tertiary/aromatic N) is 1. The van der Waals surface area contributed by atoms with Crippen molar-refractivity contribution in [1.29, 1.82) is 0 Å². The minimum absolute atomic E-state index is 0.233. The van der Waals surface area contributed by atoms with Crippen molar-refractivity contribution in [1.82, 2.24) is 4.98 Å². The van der Waals surface area contributed by atoms with Gasteiger partial charge in [-0.1, -0.05) is 24.3 Å². The molecule has 0 amide bonds. The van der Waals surface area contributed by atoms with Crippen LogP contribution in [-0.2, 0) is 6.42 Å². The van der Waals surface area contributed by atoms with Gasteiger partial charge in [0.1, 0.15) is 5.75 Å². The molecule has 1 aromatic heterocycles. The number of hydrogen-bond acceptors (Lipinski definition) is 3. The highest BCUT2D eigenvalue weighted by Gasteiger charge is 2.21. The maximum Gasteiger partial charge on any atom is 0.127 e. The van der Waals surface area contributed by atoms with Gasteiger partial charge in [0.2, 0.25) is 0 Å². The highest BCUT2D eigenvalue weighted by Crippen LogP contribution is 2.34. The van der Waals surface area contributed by atoms with Gasteiger partial charge < -0.3 is 10.5 Å². The van der Waals surface area contributed by atoms with Crippen molar-refractivity contribution in [2.45, 2.75) is 32.7 Å². The number of aryl methyl sites for hydroxylation is 3. The van der Waals surface area contributed by atoms with Crippen LogP contribution in [0.2, 0.25) is 0 Å². The van der Waals surface area contributed by atoms with Crippen LogP contribution in [0.1, 0.15) is 40.4 Å². The van der Waals surface area contributed by atoms with E-state index >= 15 is 0 Å². The van der Waals surface area contributed by atoms with E-state index in [9.17, 15) is 0 Å². The molecular formula is C17H20N2O. The fourth-order valence-electron chi connectivity index (χ4n) is 2.86. The Morgan fingerprint density at radius 1 is 1.30 bits per heavy atom. The van der Waals surface area contributed by atoms with E-state index in [-0.39, 0.29) is 6.04 Å². The number of para-hydroxylation sites is 1. The Bertz CT molecular complexity index is 637. The summed E-state index contributed by atoms with van der Waals surface area (Å²) < 4.78 is 5.85. The predicted molar refractivity (Wildman–Crippen MR) is 80.0 cm³/mol. The largest absolute Gasteiger partial charge is 0.493 e. The summed E-state index contributed by atoms with van der Waals surface area (Å²) in [4.78, 5) is 4.52. The zero-order valence-corrected chi connectivity index (χ0v) is 12.0. The van der Waals surface area contributed by atoms with Crippen LogP contribution >= 0.6 is 0 Å². The first-order chi connectivity index (χ1) is 9.66. The van der Waals surface area contributed by atoms with E-state index in [1.165, 1.54) is 5.56 Å². The van der Waals surface area contributed by atoms with Crippen molar-refractivity contribution in [3.63, 3.8) is 0 Å². The van der Waals surface area contributed by atoms with Crippen LogP contribution in [0.15, 0.2) is 30.5 Å². The number of nitrogens with two attached hydrogens (primary N) is 1. The molecule has 0 saturated carbocycles. The van der Waals surface area contributed by atoms with Crippen LogP contribution in [0.5, 0.6) is 5.75 Å². The van der Waals surface area contributed by atoms with Crippen LogP contribution < -0.4 is 10.5 Å². The molecule has 0 spiro atoms. The lowest BCUT2D eigenvalue weighted by Gasteiger charge is -2.23. The normalized spacial score (nSPS) is 15.3. The molecule has 1 aliphatic rings. The summed E-state index contributed by atoms with van der Waals surface area (Å²) in [5, 5.41) is 0. The zero-order valence-electron chi connectivity index (χ0n) is 12.0.